The molecule has 0 radical (unpaired) electrons. The van der Waals surface area contributed by atoms with Crippen molar-refractivity contribution in [2.75, 3.05) is 21.3 Å². The van der Waals surface area contributed by atoms with Gasteiger partial charge in [-0.25, -0.2) is 0 Å². The largest absolute Gasteiger partial charge is 0.493 e. The minimum atomic E-state index is -0.129. The number of methoxy groups -OCH3 is 3. The Hall–Kier alpha value is -2.02. The van der Waals surface area contributed by atoms with Gasteiger partial charge in [0.05, 0.1) is 26.7 Å². The van der Waals surface area contributed by atoms with Crippen molar-refractivity contribution in [1.29, 1.82) is 0 Å². The van der Waals surface area contributed by atoms with Crippen LogP contribution in [-0.4, -0.2) is 30.9 Å². The van der Waals surface area contributed by atoms with Gasteiger partial charge in [0, 0.05) is 6.04 Å². The lowest BCUT2D eigenvalue weighted by Crippen LogP contribution is -2.21. The highest BCUT2D eigenvalue weighted by Crippen LogP contribution is 2.42. The monoisotopic (exact) mass is 308 g/mol. The zero-order chi connectivity index (χ0) is 15.1. The molecule has 21 heavy (non-hydrogen) atoms. The Morgan fingerprint density at radius 3 is 2.38 bits per heavy atom. The smallest absolute Gasteiger partial charge is 0.262 e. The molecule has 1 saturated carbocycles. The van der Waals surface area contributed by atoms with E-state index in [9.17, 15) is 4.79 Å². The average molecular weight is 308 g/mol. The molecule has 0 bridgehead atoms. The van der Waals surface area contributed by atoms with E-state index in [-0.39, 0.29) is 11.6 Å². The summed E-state index contributed by atoms with van der Waals surface area (Å²) in [5.41, 5.74) is 0.401. The number of benzene rings is 1. The molecule has 1 aromatic heterocycles. The number of aromatic amines is 1. The third kappa shape index (κ3) is 2.08. The van der Waals surface area contributed by atoms with Crippen molar-refractivity contribution in [3.8, 4) is 17.2 Å². The fourth-order valence-corrected chi connectivity index (χ4v) is 2.84. The molecular weight excluding hydrogens is 292 g/mol. The number of nitrogens with one attached hydrogen (secondary N) is 1. The van der Waals surface area contributed by atoms with Crippen LogP contribution in [0.5, 0.6) is 17.2 Å². The number of hydrogen-bond donors (Lipinski definition) is 1. The first-order valence-electron chi connectivity index (χ1n) is 6.59. The van der Waals surface area contributed by atoms with Crippen molar-refractivity contribution in [3.63, 3.8) is 0 Å². The average Bonchev–Trinajstić information content (AvgIpc) is 3.30. The van der Waals surface area contributed by atoms with Crippen LogP contribution in [0.2, 0.25) is 0 Å². The Morgan fingerprint density at radius 2 is 1.86 bits per heavy atom. The third-order valence-corrected chi connectivity index (χ3v) is 3.94. The van der Waals surface area contributed by atoms with Gasteiger partial charge in [0.25, 0.3) is 5.56 Å². The number of nitrogens with zero attached hydrogens (tertiary/aromatic N) is 1. The summed E-state index contributed by atoms with van der Waals surface area (Å²) < 4.78 is 18.0. The molecular formula is C14H16N2O4S. The van der Waals surface area contributed by atoms with Crippen molar-refractivity contribution < 1.29 is 14.2 Å². The second-order valence-electron chi connectivity index (χ2n) is 4.90. The van der Waals surface area contributed by atoms with Crippen molar-refractivity contribution >= 4 is 23.1 Å². The highest BCUT2D eigenvalue weighted by molar-refractivity contribution is 7.71. The summed E-state index contributed by atoms with van der Waals surface area (Å²) in [4.78, 5) is 15.8. The first-order chi connectivity index (χ1) is 10.1. The van der Waals surface area contributed by atoms with Crippen molar-refractivity contribution in [3.05, 3.63) is 21.2 Å². The minimum absolute atomic E-state index is 0.129. The first-order valence-corrected chi connectivity index (χ1v) is 7.00. The minimum Gasteiger partial charge on any atom is -0.493 e. The molecule has 0 saturated heterocycles. The standard InChI is InChI=1S/C14H16N2O4S/c1-18-9-6-8-10(12(20-3)11(9)19-2)15-14(21)16(13(8)17)7-4-5-7/h6-7H,4-5H2,1-3H3,(H,15,21). The van der Waals surface area contributed by atoms with Gasteiger partial charge in [0.2, 0.25) is 5.75 Å². The number of fused-ring (bicyclic) bond motifs is 1. The van der Waals surface area contributed by atoms with Gasteiger partial charge in [-0.15, -0.1) is 0 Å². The fraction of sp³-hybridized carbons (Fsp3) is 0.429. The Kier molecular flexibility index (Phi) is 3.36. The summed E-state index contributed by atoms with van der Waals surface area (Å²) in [5.74, 6) is 1.30. The maximum Gasteiger partial charge on any atom is 0.262 e. The molecule has 1 aromatic carbocycles. The SMILES string of the molecule is COc1cc2c(=O)n(C3CC3)c(=S)[nH]c2c(OC)c1OC. The van der Waals surface area contributed by atoms with Crippen molar-refractivity contribution in [1.82, 2.24) is 9.55 Å². The molecule has 1 N–H and O–H groups in total. The van der Waals surface area contributed by atoms with Gasteiger partial charge in [-0.2, -0.15) is 0 Å². The van der Waals surface area contributed by atoms with Crippen LogP contribution < -0.4 is 19.8 Å². The lowest BCUT2D eigenvalue weighted by Gasteiger charge is -2.15. The maximum atomic E-state index is 12.7. The van der Waals surface area contributed by atoms with E-state index in [0.717, 1.165) is 12.8 Å². The summed E-state index contributed by atoms with van der Waals surface area (Å²) in [6.45, 7) is 0. The molecule has 1 aliphatic rings. The molecule has 0 amide bonds. The van der Waals surface area contributed by atoms with Crippen molar-refractivity contribution in [2.45, 2.75) is 18.9 Å². The van der Waals surface area contributed by atoms with E-state index in [1.165, 1.54) is 21.3 Å². The predicted octanol–water partition coefficient (Wildman–Crippen LogP) is 2.42. The molecule has 112 valence electrons. The van der Waals surface area contributed by atoms with Gasteiger partial charge in [-0.3, -0.25) is 9.36 Å². The number of aromatic nitrogens is 2. The molecule has 0 unspecified atom stereocenters. The Balaban J connectivity index is 2.45. The molecule has 3 rings (SSSR count). The highest BCUT2D eigenvalue weighted by atomic mass is 32.1. The summed E-state index contributed by atoms with van der Waals surface area (Å²) in [6, 6.07) is 1.85. The normalized spacial score (nSPS) is 14.2. The van der Waals surface area contributed by atoms with Crippen LogP contribution in [0.15, 0.2) is 10.9 Å². The Morgan fingerprint density at radius 1 is 1.19 bits per heavy atom. The molecule has 2 aromatic rings. The van der Waals surface area contributed by atoms with Crippen LogP contribution >= 0.6 is 12.2 Å². The second-order valence-corrected chi connectivity index (χ2v) is 5.29. The van der Waals surface area contributed by atoms with E-state index in [4.69, 9.17) is 26.4 Å². The van der Waals surface area contributed by atoms with Gasteiger partial charge >= 0.3 is 0 Å². The Bertz CT molecular complexity index is 820. The quantitative estimate of drug-likeness (QED) is 0.879. The summed E-state index contributed by atoms with van der Waals surface area (Å²) in [6.07, 6.45) is 1.96. The van der Waals surface area contributed by atoms with E-state index in [1.54, 1.807) is 10.6 Å². The van der Waals surface area contributed by atoms with E-state index in [1.807, 2.05) is 0 Å². The zero-order valence-electron chi connectivity index (χ0n) is 12.1. The van der Waals surface area contributed by atoms with Crippen LogP contribution in [0.3, 0.4) is 0 Å². The lowest BCUT2D eigenvalue weighted by molar-refractivity contribution is 0.326. The topological polar surface area (TPSA) is 65.5 Å². The summed E-state index contributed by atoms with van der Waals surface area (Å²) >= 11 is 5.31. The van der Waals surface area contributed by atoms with Crippen molar-refractivity contribution in [2.24, 2.45) is 0 Å². The van der Waals surface area contributed by atoms with E-state index in [0.29, 0.717) is 32.9 Å². The van der Waals surface area contributed by atoms with Gasteiger partial charge in [0.1, 0.15) is 5.52 Å². The van der Waals surface area contributed by atoms with Gasteiger partial charge < -0.3 is 19.2 Å². The van der Waals surface area contributed by atoms with Crippen LogP contribution in [0.25, 0.3) is 10.9 Å². The molecule has 7 heteroatoms. The van der Waals surface area contributed by atoms with E-state index >= 15 is 0 Å². The molecule has 1 heterocycles. The molecule has 6 nitrogen and oxygen atoms in total. The maximum absolute atomic E-state index is 12.7. The summed E-state index contributed by atoms with van der Waals surface area (Å²) in [5, 5.41) is 0.477. The molecule has 0 spiro atoms. The third-order valence-electron chi connectivity index (χ3n) is 3.64. The van der Waals surface area contributed by atoms with E-state index < -0.39 is 0 Å². The molecule has 1 aliphatic carbocycles. The predicted molar refractivity (Wildman–Crippen MR) is 81.3 cm³/mol. The fourth-order valence-electron chi connectivity index (χ4n) is 2.50. The molecule has 0 aliphatic heterocycles. The van der Waals surface area contributed by atoms with Crippen LogP contribution in [-0.2, 0) is 0 Å². The second kappa shape index (κ2) is 5.07. The van der Waals surface area contributed by atoms with Gasteiger partial charge in [-0.05, 0) is 31.1 Å². The first kappa shape index (κ1) is 13.9. The van der Waals surface area contributed by atoms with E-state index in [2.05, 4.69) is 4.98 Å². The number of ether oxygens (including phenoxy) is 3. The van der Waals surface area contributed by atoms with Crippen LogP contribution in [0.1, 0.15) is 18.9 Å². The molecule has 1 fully saturated rings. The number of rotatable bonds is 4. The highest BCUT2D eigenvalue weighted by Gasteiger charge is 2.28. The number of H-pyrrole nitrogens is 1. The Labute approximate surface area is 126 Å². The number of hydrogen-bond acceptors (Lipinski definition) is 5. The van der Waals surface area contributed by atoms with Gasteiger partial charge in [-0.1, -0.05) is 0 Å². The lowest BCUT2D eigenvalue weighted by atomic mass is 10.2. The van der Waals surface area contributed by atoms with Crippen LogP contribution in [0.4, 0.5) is 0 Å². The summed E-state index contributed by atoms with van der Waals surface area (Å²) in [7, 11) is 4.56. The molecule has 0 atom stereocenters. The van der Waals surface area contributed by atoms with Gasteiger partial charge in [0.15, 0.2) is 16.3 Å². The zero-order valence-corrected chi connectivity index (χ0v) is 12.9. The van der Waals surface area contributed by atoms with Crippen LogP contribution in [0, 0.1) is 4.77 Å².